The lowest BCUT2D eigenvalue weighted by Crippen LogP contribution is -2.57. The summed E-state index contributed by atoms with van der Waals surface area (Å²) in [5.41, 5.74) is 11.9. The molecular formula is C37H24BNO2. The Balaban J connectivity index is 1.25. The fourth-order valence-electron chi connectivity index (χ4n) is 6.77. The average Bonchev–Trinajstić information content (AvgIpc) is 3.03. The summed E-state index contributed by atoms with van der Waals surface area (Å²) in [6, 6.07) is 47.2. The van der Waals surface area contributed by atoms with Crippen molar-refractivity contribution in [3.05, 3.63) is 145 Å². The number of anilines is 3. The Morgan fingerprint density at radius 3 is 2.05 bits per heavy atom. The molecule has 0 saturated heterocycles. The molecule has 0 saturated carbocycles. The molecule has 3 aliphatic heterocycles. The van der Waals surface area contributed by atoms with E-state index in [-0.39, 0.29) is 6.71 Å². The zero-order chi connectivity index (χ0) is 26.9. The third-order valence-corrected chi connectivity index (χ3v) is 8.60. The van der Waals surface area contributed by atoms with E-state index in [1.54, 1.807) is 0 Å². The van der Waals surface area contributed by atoms with Crippen molar-refractivity contribution >= 4 is 40.2 Å². The van der Waals surface area contributed by atoms with Crippen molar-refractivity contribution in [2.75, 3.05) is 4.90 Å². The van der Waals surface area contributed by atoms with Gasteiger partial charge in [0, 0.05) is 28.8 Å². The third-order valence-electron chi connectivity index (χ3n) is 8.60. The van der Waals surface area contributed by atoms with Crippen molar-refractivity contribution in [1.82, 2.24) is 0 Å². The van der Waals surface area contributed by atoms with E-state index in [4.69, 9.17) is 9.47 Å². The highest BCUT2D eigenvalue weighted by molar-refractivity contribution is 6.98. The molecule has 3 aliphatic rings. The SMILES string of the molecule is c1ccc(N2c3ccccc3Cc3ccc(-c4ccc5c6c4Oc4ccccc4B6c4ccccc4O5)cc32)cc1. The number of fused-ring (bicyclic) bond motifs is 6. The van der Waals surface area contributed by atoms with Crippen LogP contribution in [0, 0.1) is 0 Å². The lowest BCUT2D eigenvalue weighted by atomic mass is 9.34. The minimum absolute atomic E-state index is 0.0557. The summed E-state index contributed by atoms with van der Waals surface area (Å²) in [6.07, 6.45) is 0.905. The maximum Gasteiger partial charge on any atom is 0.260 e. The van der Waals surface area contributed by atoms with Crippen molar-refractivity contribution in [3.8, 4) is 34.1 Å². The Bertz CT molecular complexity index is 1990. The lowest BCUT2D eigenvalue weighted by Gasteiger charge is -2.35. The highest BCUT2D eigenvalue weighted by Gasteiger charge is 2.41. The smallest absolute Gasteiger partial charge is 0.260 e. The second-order valence-corrected chi connectivity index (χ2v) is 10.9. The first kappa shape index (κ1) is 22.6. The van der Waals surface area contributed by atoms with Crippen LogP contribution in [0.15, 0.2) is 133 Å². The maximum absolute atomic E-state index is 6.74. The first-order valence-corrected chi connectivity index (χ1v) is 14.1. The lowest BCUT2D eigenvalue weighted by molar-refractivity contribution is 0.465. The number of para-hydroxylation sites is 4. The molecule has 9 rings (SSSR count). The van der Waals surface area contributed by atoms with Gasteiger partial charge in [0.05, 0.1) is 5.69 Å². The van der Waals surface area contributed by atoms with Crippen molar-refractivity contribution < 1.29 is 9.47 Å². The number of benzene rings is 6. The largest absolute Gasteiger partial charge is 0.458 e. The van der Waals surface area contributed by atoms with Gasteiger partial charge in [-0.05, 0) is 76.1 Å². The molecule has 0 unspecified atom stereocenters. The summed E-state index contributed by atoms with van der Waals surface area (Å²) in [4.78, 5) is 2.39. The topological polar surface area (TPSA) is 21.7 Å². The van der Waals surface area contributed by atoms with Gasteiger partial charge in [-0.15, -0.1) is 0 Å². The molecule has 6 aromatic carbocycles. The molecule has 3 nitrogen and oxygen atoms in total. The van der Waals surface area contributed by atoms with Crippen LogP contribution in [0.4, 0.5) is 17.1 Å². The normalized spacial score (nSPS) is 13.6. The van der Waals surface area contributed by atoms with E-state index < -0.39 is 0 Å². The van der Waals surface area contributed by atoms with Crippen molar-refractivity contribution in [3.63, 3.8) is 0 Å². The van der Waals surface area contributed by atoms with E-state index >= 15 is 0 Å². The number of hydrogen-bond acceptors (Lipinski definition) is 3. The quantitative estimate of drug-likeness (QED) is 0.219. The molecule has 6 aromatic rings. The molecule has 0 aromatic heterocycles. The molecule has 3 heterocycles. The van der Waals surface area contributed by atoms with Gasteiger partial charge < -0.3 is 14.4 Å². The second kappa shape index (κ2) is 8.64. The molecular weight excluding hydrogens is 501 g/mol. The van der Waals surface area contributed by atoms with E-state index in [1.165, 1.54) is 33.4 Å². The first-order chi connectivity index (χ1) is 20.3. The van der Waals surface area contributed by atoms with Crippen molar-refractivity contribution in [1.29, 1.82) is 0 Å². The van der Waals surface area contributed by atoms with Crippen molar-refractivity contribution in [2.24, 2.45) is 0 Å². The van der Waals surface area contributed by atoms with Crippen LogP contribution in [-0.4, -0.2) is 6.71 Å². The predicted molar refractivity (Wildman–Crippen MR) is 167 cm³/mol. The van der Waals surface area contributed by atoms with Gasteiger partial charge in [0.2, 0.25) is 0 Å². The number of ether oxygens (including phenoxy) is 2. The van der Waals surface area contributed by atoms with Crippen LogP contribution in [0.25, 0.3) is 11.1 Å². The first-order valence-electron chi connectivity index (χ1n) is 14.1. The monoisotopic (exact) mass is 525 g/mol. The van der Waals surface area contributed by atoms with Gasteiger partial charge >= 0.3 is 0 Å². The van der Waals surface area contributed by atoms with E-state index in [1.807, 2.05) is 12.1 Å². The minimum atomic E-state index is 0.0557. The Morgan fingerprint density at radius 1 is 0.537 bits per heavy atom. The van der Waals surface area contributed by atoms with Crippen LogP contribution < -0.4 is 30.8 Å². The van der Waals surface area contributed by atoms with Crippen molar-refractivity contribution in [2.45, 2.75) is 6.42 Å². The fraction of sp³-hybridized carbons (Fsp3) is 0.0270. The summed E-state index contributed by atoms with van der Waals surface area (Å²) >= 11 is 0. The Morgan fingerprint density at radius 2 is 1.22 bits per heavy atom. The molecule has 4 heteroatoms. The number of hydrogen-bond donors (Lipinski definition) is 0. The van der Waals surface area contributed by atoms with E-state index in [0.717, 1.165) is 51.7 Å². The molecule has 0 bridgehead atoms. The standard InChI is InChI=1S/C37H24BNO2/c1-2-11-27(12-3-1)39-31-15-7-4-10-25(31)22-26-19-18-24(23-32(26)39)28-20-21-35-36-37(28)41-34-17-9-6-14-30(34)38(36)29-13-5-8-16-33(29)40-35/h1-21,23H,22H2. The van der Waals surface area contributed by atoms with Crippen LogP contribution >= 0.6 is 0 Å². The van der Waals surface area contributed by atoms with Gasteiger partial charge in [0.25, 0.3) is 6.71 Å². The summed E-state index contributed by atoms with van der Waals surface area (Å²) in [5, 5.41) is 0. The average molecular weight is 525 g/mol. The van der Waals surface area contributed by atoms with Crippen LogP contribution in [0.2, 0.25) is 0 Å². The van der Waals surface area contributed by atoms with Gasteiger partial charge in [-0.3, -0.25) is 0 Å². The molecule has 0 fully saturated rings. The molecule has 0 radical (unpaired) electrons. The maximum atomic E-state index is 6.74. The van der Waals surface area contributed by atoms with E-state index in [2.05, 4.69) is 126 Å². The van der Waals surface area contributed by atoms with Crippen LogP contribution in [0.3, 0.4) is 0 Å². The number of rotatable bonds is 2. The molecule has 0 atom stereocenters. The van der Waals surface area contributed by atoms with Crippen LogP contribution in [0.1, 0.15) is 11.1 Å². The van der Waals surface area contributed by atoms with Gasteiger partial charge in [-0.2, -0.15) is 0 Å². The zero-order valence-electron chi connectivity index (χ0n) is 22.2. The Labute approximate surface area is 239 Å². The molecule has 0 spiro atoms. The van der Waals surface area contributed by atoms with Crippen LogP contribution in [-0.2, 0) is 6.42 Å². The summed E-state index contributed by atoms with van der Waals surface area (Å²) < 4.78 is 13.2. The second-order valence-electron chi connectivity index (χ2n) is 10.9. The minimum Gasteiger partial charge on any atom is -0.458 e. The molecule has 192 valence electrons. The fourth-order valence-corrected chi connectivity index (χ4v) is 6.77. The summed E-state index contributed by atoms with van der Waals surface area (Å²) in [5.74, 6) is 3.55. The Hall–Kier alpha value is -5.22. The summed E-state index contributed by atoms with van der Waals surface area (Å²) in [7, 11) is 0. The molecule has 0 aliphatic carbocycles. The molecule has 0 amide bonds. The van der Waals surface area contributed by atoms with Gasteiger partial charge in [-0.1, -0.05) is 84.9 Å². The van der Waals surface area contributed by atoms with Gasteiger partial charge in [0.1, 0.15) is 23.0 Å². The Kier molecular flexibility index (Phi) is 4.76. The zero-order valence-corrected chi connectivity index (χ0v) is 22.2. The van der Waals surface area contributed by atoms with Crippen LogP contribution in [0.5, 0.6) is 23.0 Å². The third kappa shape index (κ3) is 3.34. The predicted octanol–water partition coefficient (Wildman–Crippen LogP) is 7.46. The highest BCUT2D eigenvalue weighted by Crippen LogP contribution is 2.47. The van der Waals surface area contributed by atoms with E-state index in [9.17, 15) is 0 Å². The molecule has 41 heavy (non-hydrogen) atoms. The summed E-state index contributed by atoms with van der Waals surface area (Å²) in [6.45, 7) is 0.0557. The number of nitrogens with zero attached hydrogens (tertiary/aromatic N) is 1. The van der Waals surface area contributed by atoms with Gasteiger partial charge in [-0.25, -0.2) is 0 Å². The van der Waals surface area contributed by atoms with Gasteiger partial charge in [0.15, 0.2) is 0 Å². The molecule has 0 N–H and O–H groups in total. The highest BCUT2D eigenvalue weighted by atomic mass is 16.5. The van der Waals surface area contributed by atoms with E-state index in [0.29, 0.717) is 0 Å².